The van der Waals surface area contributed by atoms with Gasteiger partial charge in [0.05, 0.1) is 44.8 Å². The normalized spacial score (nSPS) is 13.0. The molecule has 5 heteroatoms. The second-order valence-corrected chi connectivity index (χ2v) is 29.2. The minimum Gasteiger partial charge on any atom is -0.310 e. The zero-order valence-electron chi connectivity index (χ0n) is 55.6. The zero-order chi connectivity index (χ0) is 64.6. The summed E-state index contributed by atoms with van der Waals surface area (Å²) >= 11 is 0. The van der Waals surface area contributed by atoms with Crippen LogP contribution < -0.4 is 26.2 Å². The maximum Gasteiger partial charge on any atom is 0.252 e. The first-order valence-electron chi connectivity index (χ1n) is 33.7. The lowest BCUT2D eigenvalue weighted by Gasteiger charge is -2.48. The largest absolute Gasteiger partial charge is 0.310 e. The molecule has 2 aromatic heterocycles. The highest BCUT2D eigenvalue weighted by Gasteiger charge is 2.49. The van der Waals surface area contributed by atoms with Crippen molar-refractivity contribution in [2.24, 2.45) is 0 Å². The fourth-order valence-corrected chi connectivity index (χ4v) is 16.1. The van der Waals surface area contributed by atoms with E-state index in [2.05, 4.69) is 372 Å². The molecule has 2 aliphatic heterocycles. The van der Waals surface area contributed by atoms with Crippen molar-refractivity contribution >= 4 is 101 Å². The van der Waals surface area contributed by atoms with Crippen LogP contribution in [-0.4, -0.2) is 15.8 Å². The lowest BCUT2D eigenvalue weighted by Crippen LogP contribution is -2.62. The molecule has 0 atom stereocenters. The fraction of sp³-hybridized carbons (Fsp3) is 0.133. The zero-order valence-corrected chi connectivity index (χ0v) is 55.6. The molecule has 95 heavy (non-hydrogen) atoms. The van der Waals surface area contributed by atoms with Crippen LogP contribution in [0, 0.1) is 0 Å². The second-order valence-electron chi connectivity index (χ2n) is 29.2. The van der Waals surface area contributed by atoms with Gasteiger partial charge in [0.15, 0.2) is 0 Å². The van der Waals surface area contributed by atoms with Gasteiger partial charge in [-0.15, -0.1) is 0 Å². The Morgan fingerprint density at radius 3 is 0.895 bits per heavy atom. The van der Waals surface area contributed by atoms with Crippen molar-refractivity contribution in [2.75, 3.05) is 9.80 Å². The number of benzene rings is 13. The number of hydrogen-bond acceptors (Lipinski definition) is 2. The van der Waals surface area contributed by atoms with Crippen LogP contribution >= 0.6 is 0 Å². The van der Waals surface area contributed by atoms with Gasteiger partial charge in [-0.3, -0.25) is 0 Å². The molecule has 0 saturated carbocycles. The third-order valence-corrected chi connectivity index (χ3v) is 20.2. The summed E-state index contributed by atoms with van der Waals surface area (Å²) in [5, 5.41) is 4.96. The molecule has 0 amide bonds. The highest BCUT2D eigenvalue weighted by Crippen LogP contribution is 2.56. The molecule has 0 radical (unpaired) electrons. The highest BCUT2D eigenvalue weighted by atomic mass is 15.2. The van der Waals surface area contributed by atoms with Gasteiger partial charge in [-0.05, 0) is 132 Å². The molecule has 0 bridgehead atoms. The number of aromatic nitrogens is 2. The van der Waals surface area contributed by atoms with E-state index in [0.717, 1.165) is 44.8 Å². The Balaban J connectivity index is 1.09. The van der Waals surface area contributed by atoms with Crippen LogP contribution in [0.25, 0.3) is 99.5 Å². The summed E-state index contributed by atoms with van der Waals surface area (Å²) in [6, 6.07) is 110. The number of nitrogens with zero attached hydrogens (tertiary/aromatic N) is 4. The molecule has 17 rings (SSSR count). The van der Waals surface area contributed by atoms with E-state index in [1.54, 1.807) is 0 Å². The maximum atomic E-state index is 2.76. The van der Waals surface area contributed by atoms with Crippen LogP contribution in [0.5, 0.6) is 0 Å². The van der Waals surface area contributed by atoms with Gasteiger partial charge in [0.25, 0.3) is 6.71 Å². The maximum absolute atomic E-state index is 2.76. The molecule has 458 valence electrons. The molecular formula is C90H75BN4. The van der Waals surface area contributed by atoms with Crippen LogP contribution in [0.2, 0.25) is 0 Å². The van der Waals surface area contributed by atoms with Crippen LogP contribution in [0.3, 0.4) is 0 Å². The third-order valence-electron chi connectivity index (χ3n) is 20.2. The van der Waals surface area contributed by atoms with E-state index in [1.807, 2.05) is 0 Å². The van der Waals surface area contributed by atoms with E-state index in [9.17, 15) is 0 Å². The Labute approximate surface area is 558 Å². The highest BCUT2D eigenvalue weighted by molar-refractivity contribution is 7.00. The summed E-state index contributed by atoms with van der Waals surface area (Å²) in [5.74, 6) is 0. The number of rotatable bonds is 8. The monoisotopic (exact) mass is 1220 g/mol. The summed E-state index contributed by atoms with van der Waals surface area (Å²) in [5.41, 5.74) is 29.9. The third kappa shape index (κ3) is 9.26. The Morgan fingerprint density at radius 2 is 0.568 bits per heavy atom. The van der Waals surface area contributed by atoms with Gasteiger partial charge < -0.3 is 18.9 Å². The lowest BCUT2D eigenvalue weighted by molar-refractivity contribution is 0.587. The van der Waals surface area contributed by atoms with Gasteiger partial charge in [-0.25, -0.2) is 0 Å². The standard InChI is InChI=1S/C90H75BN4/c1-88(2,3)64-56-81-85-82(57-64)95(80-55-63(59-32-16-11-17-33-59)47-49-66(80)61-36-20-13-21-37-61)87-72(51-53-78(84(87)90(7,8)9)93-75-44-28-24-40-69(75)70-41-25-29-45-76(70)93)91(85)71-50-52-77(92-73-42-26-22-38-67(73)68-39-23-27-43-74(68)92)83(89(4,5)6)86(71)94(81)79-54-62(58-30-14-10-15-31-58)46-48-65(79)60-34-18-12-19-35-60/h10-57H,1-9H3. The summed E-state index contributed by atoms with van der Waals surface area (Å²) < 4.78 is 5.15. The topological polar surface area (TPSA) is 16.3 Å². The summed E-state index contributed by atoms with van der Waals surface area (Å²) in [6.07, 6.45) is 0. The first kappa shape index (κ1) is 58.0. The van der Waals surface area contributed by atoms with Crippen molar-refractivity contribution in [3.8, 4) is 55.9 Å². The minimum atomic E-state index is -0.416. The average molecular weight is 1220 g/mol. The van der Waals surface area contributed by atoms with Crippen LogP contribution in [-0.2, 0) is 16.2 Å². The summed E-state index contributed by atoms with van der Waals surface area (Å²) in [4.78, 5) is 5.51. The molecule has 15 aromatic rings. The molecule has 2 aliphatic rings. The Bertz CT molecular complexity index is 5100. The van der Waals surface area contributed by atoms with E-state index in [0.29, 0.717) is 0 Å². The first-order valence-corrected chi connectivity index (χ1v) is 33.7. The molecule has 0 N–H and O–H groups in total. The molecule has 13 aromatic carbocycles. The molecule has 0 aliphatic carbocycles. The van der Waals surface area contributed by atoms with E-state index in [-0.39, 0.29) is 12.1 Å². The molecule has 0 saturated heterocycles. The van der Waals surface area contributed by atoms with E-state index in [4.69, 9.17) is 0 Å². The van der Waals surface area contributed by atoms with Crippen LogP contribution in [0.4, 0.5) is 34.1 Å². The van der Waals surface area contributed by atoms with Gasteiger partial charge in [0, 0.05) is 66.5 Å². The Hall–Kier alpha value is -10.9. The predicted molar refractivity (Wildman–Crippen MR) is 407 cm³/mol. The molecule has 0 fully saturated rings. The van der Waals surface area contributed by atoms with Gasteiger partial charge in [0.2, 0.25) is 0 Å². The molecule has 4 nitrogen and oxygen atoms in total. The van der Waals surface area contributed by atoms with E-state index < -0.39 is 10.8 Å². The second kappa shape index (κ2) is 21.9. The van der Waals surface area contributed by atoms with Crippen molar-refractivity contribution in [1.82, 2.24) is 9.13 Å². The SMILES string of the molecule is CC(C)(C)c1cc2c3c(c1)N(c1cc(-c4ccccc4)ccc1-c1ccccc1)c1c(ccc(-n4c5ccccc5c5ccccc54)c1C(C)(C)C)B3c1ccc(-n3c4ccccc4c4ccccc43)c(C(C)(C)C)c1N2c1cc(-c2ccccc2)ccc1-c1ccccc1. The molecule has 0 spiro atoms. The van der Waals surface area contributed by atoms with Crippen molar-refractivity contribution in [3.63, 3.8) is 0 Å². The Morgan fingerprint density at radius 1 is 0.253 bits per heavy atom. The van der Waals surface area contributed by atoms with Gasteiger partial charge in [-0.2, -0.15) is 0 Å². The van der Waals surface area contributed by atoms with Gasteiger partial charge >= 0.3 is 0 Å². The molecule has 4 heterocycles. The first-order chi connectivity index (χ1) is 46.1. The average Bonchev–Trinajstić information content (AvgIpc) is 0.883. The summed E-state index contributed by atoms with van der Waals surface area (Å²) in [6.45, 7) is 21.6. The smallest absolute Gasteiger partial charge is 0.252 e. The van der Waals surface area contributed by atoms with Crippen LogP contribution in [0.1, 0.15) is 79.0 Å². The lowest BCUT2D eigenvalue weighted by atomic mass is 9.32. The number of hydrogen-bond donors (Lipinski definition) is 0. The van der Waals surface area contributed by atoms with E-state index in [1.165, 1.54) is 122 Å². The van der Waals surface area contributed by atoms with Crippen molar-refractivity contribution in [2.45, 2.75) is 78.6 Å². The van der Waals surface area contributed by atoms with Gasteiger partial charge in [0.1, 0.15) is 0 Å². The number of fused-ring (bicyclic) bond motifs is 10. The molecule has 0 unspecified atom stereocenters. The van der Waals surface area contributed by atoms with Gasteiger partial charge in [-0.1, -0.05) is 293 Å². The van der Waals surface area contributed by atoms with Crippen LogP contribution in [0.15, 0.2) is 291 Å². The van der Waals surface area contributed by atoms with E-state index >= 15 is 0 Å². The van der Waals surface area contributed by atoms with Crippen molar-refractivity contribution in [3.05, 3.63) is 308 Å². The number of para-hydroxylation sites is 4. The van der Waals surface area contributed by atoms with Crippen molar-refractivity contribution < 1.29 is 0 Å². The Kier molecular flexibility index (Phi) is 13.3. The predicted octanol–water partition coefficient (Wildman–Crippen LogP) is 22.5. The summed E-state index contributed by atoms with van der Waals surface area (Å²) in [7, 11) is 0. The van der Waals surface area contributed by atoms with Crippen molar-refractivity contribution in [1.29, 1.82) is 0 Å². The number of anilines is 6. The molecular weight excluding hydrogens is 1150 g/mol. The quantitative estimate of drug-likeness (QED) is 0.141. The fourth-order valence-electron chi connectivity index (χ4n) is 16.1. The minimum absolute atomic E-state index is 0.233.